The van der Waals surface area contributed by atoms with Gasteiger partial charge < -0.3 is 10.6 Å². The summed E-state index contributed by atoms with van der Waals surface area (Å²) in [5, 5.41) is 6.65. The maximum Gasteiger partial charge on any atom is 0.191 e. The van der Waals surface area contributed by atoms with Gasteiger partial charge in [-0.15, -0.1) is 24.0 Å². The van der Waals surface area contributed by atoms with Crippen molar-refractivity contribution in [1.82, 2.24) is 15.6 Å². The number of nitrogens with one attached hydrogen (secondary N) is 2. The number of pyridine rings is 1. The van der Waals surface area contributed by atoms with Crippen LogP contribution in [0.1, 0.15) is 31.9 Å². The fourth-order valence-electron chi connectivity index (χ4n) is 1.63. The van der Waals surface area contributed by atoms with Crippen molar-refractivity contribution >= 4 is 29.9 Å². The first-order valence-corrected chi connectivity index (χ1v) is 6.31. The summed E-state index contributed by atoms with van der Waals surface area (Å²) in [4.78, 5) is 8.31. The molecule has 0 aliphatic heterocycles. The summed E-state index contributed by atoms with van der Waals surface area (Å²) in [6, 6.07) is 2.07. The molecule has 0 fully saturated rings. The molecule has 0 atom stereocenters. The minimum atomic E-state index is 0. The van der Waals surface area contributed by atoms with Gasteiger partial charge in [0, 0.05) is 31.5 Å². The molecule has 19 heavy (non-hydrogen) atoms. The Morgan fingerprint density at radius 3 is 2.58 bits per heavy atom. The third-order valence-electron chi connectivity index (χ3n) is 2.54. The van der Waals surface area contributed by atoms with Crippen LogP contribution in [0.5, 0.6) is 0 Å². The molecule has 0 aliphatic rings. The van der Waals surface area contributed by atoms with Gasteiger partial charge in [0.2, 0.25) is 0 Å². The van der Waals surface area contributed by atoms with Crippen LogP contribution in [0.25, 0.3) is 0 Å². The van der Waals surface area contributed by atoms with E-state index in [0.29, 0.717) is 0 Å². The van der Waals surface area contributed by atoms with Crippen LogP contribution in [-0.2, 0) is 6.42 Å². The Kier molecular flexibility index (Phi) is 7.97. The predicted octanol–water partition coefficient (Wildman–Crippen LogP) is 2.51. The van der Waals surface area contributed by atoms with Crippen LogP contribution in [0.15, 0.2) is 23.5 Å². The van der Waals surface area contributed by atoms with Crippen LogP contribution in [0.4, 0.5) is 0 Å². The summed E-state index contributed by atoms with van der Waals surface area (Å²) in [6.45, 7) is 9.30. The molecule has 1 aromatic heterocycles. The summed E-state index contributed by atoms with van der Waals surface area (Å²) in [5.74, 6) is 0.842. The molecule has 0 spiro atoms. The highest BCUT2D eigenvalue weighted by Gasteiger charge is 2.11. The van der Waals surface area contributed by atoms with Crippen molar-refractivity contribution < 1.29 is 0 Å². The molecule has 1 heterocycles. The van der Waals surface area contributed by atoms with Gasteiger partial charge in [-0.3, -0.25) is 9.98 Å². The second kappa shape index (κ2) is 8.35. The van der Waals surface area contributed by atoms with Gasteiger partial charge in [0.1, 0.15) is 0 Å². The molecule has 0 aliphatic carbocycles. The lowest BCUT2D eigenvalue weighted by Crippen LogP contribution is -2.48. The zero-order valence-corrected chi connectivity index (χ0v) is 14.8. The fourth-order valence-corrected chi connectivity index (χ4v) is 1.63. The van der Waals surface area contributed by atoms with Crippen molar-refractivity contribution in [2.24, 2.45) is 4.99 Å². The first-order chi connectivity index (χ1) is 8.42. The zero-order chi connectivity index (χ0) is 13.6. The normalized spacial score (nSPS) is 11.7. The molecule has 0 saturated carbocycles. The second-order valence-electron chi connectivity index (χ2n) is 5.43. The van der Waals surface area contributed by atoms with Crippen LogP contribution in [0.2, 0.25) is 0 Å². The number of aromatic nitrogens is 1. The highest BCUT2D eigenvalue weighted by Crippen LogP contribution is 2.05. The number of nitrogens with zero attached hydrogens (tertiary/aromatic N) is 2. The largest absolute Gasteiger partial charge is 0.356 e. The van der Waals surface area contributed by atoms with Crippen LogP contribution < -0.4 is 10.6 Å². The number of aryl methyl sites for hydroxylation is 1. The summed E-state index contributed by atoms with van der Waals surface area (Å²) >= 11 is 0. The molecule has 0 unspecified atom stereocenters. The monoisotopic (exact) mass is 376 g/mol. The second-order valence-corrected chi connectivity index (χ2v) is 5.43. The van der Waals surface area contributed by atoms with Gasteiger partial charge in [0.25, 0.3) is 0 Å². The Labute approximate surface area is 133 Å². The minimum Gasteiger partial charge on any atom is -0.356 e. The van der Waals surface area contributed by atoms with Gasteiger partial charge in [-0.25, -0.2) is 0 Å². The number of guanidine groups is 1. The highest BCUT2D eigenvalue weighted by molar-refractivity contribution is 14.0. The van der Waals surface area contributed by atoms with Gasteiger partial charge in [0.05, 0.1) is 0 Å². The minimum absolute atomic E-state index is 0. The number of aliphatic imine (C=N–C) groups is 1. The molecule has 0 saturated heterocycles. The summed E-state index contributed by atoms with van der Waals surface area (Å²) in [5.41, 5.74) is 2.58. The van der Waals surface area contributed by atoms with E-state index in [0.717, 1.165) is 18.9 Å². The standard InChI is InChI=1S/C14H24N4.HI/c1-11-10-16-8-6-12(11)7-9-17-13(15-5)18-14(2,3)4;/h6,8,10H,7,9H2,1-5H3,(H2,15,17,18);1H. The Bertz CT molecular complexity index is 410. The Morgan fingerprint density at radius 1 is 1.37 bits per heavy atom. The number of rotatable bonds is 3. The van der Waals surface area contributed by atoms with Crippen molar-refractivity contribution in [1.29, 1.82) is 0 Å². The Balaban J connectivity index is 0.00000324. The van der Waals surface area contributed by atoms with Gasteiger partial charge in [-0.2, -0.15) is 0 Å². The van der Waals surface area contributed by atoms with Gasteiger partial charge in [-0.1, -0.05) is 0 Å². The molecular formula is C14H25IN4. The van der Waals surface area contributed by atoms with E-state index in [9.17, 15) is 0 Å². The third kappa shape index (κ3) is 7.34. The summed E-state index contributed by atoms with van der Waals surface area (Å²) in [7, 11) is 1.79. The van der Waals surface area contributed by atoms with E-state index in [1.165, 1.54) is 11.1 Å². The molecule has 0 aromatic carbocycles. The van der Waals surface area contributed by atoms with Crippen molar-refractivity contribution in [2.75, 3.05) is 13.6 Å². The first-order valence-electron chi connectivity index (χ1n) is 6.31. The quantitative estimate of drug-likeness (QED) is 0.484. The van der Waals surface area contributed by atoms with Gasteiger partial charge >= 0.3 is 0 Å². The van der Waals surface area contributed by atoms with Crippen molar-refractivity contribution in [3.63, 3.8) is 0 Å². The number of hydrogen-bond acceptors (Lipinski definition) is 2. The molecule has 0 bridgehead atoms. The summed E-state index contributed by atoms with van der Waals surface area (Å²) < 4.78 is 0. The lowest BCUT2D eigenvalue weighted by atomic mass is 10.1. The van der Waals surface area contributed by atoms with Crippen LogP contribution in [-0.4, -0.2) is 30.1 Å². The molecule has 0 radical (unpaired) electrons. The fraction of sp³-hybridized carbons (Fsp3) is 0.571. The van der Waals surface area contributed by atoms with Crippen LogP contribution >= 0.6 is 24.0 Å². The zero-order valence-electron chi connectivity index (χ0n) is 12.4. The van der Waals surface area contributed by atoms with Crippen LogP contribution in [0.3, 0.4) is 0 Å². The van der Waals surface area contributed by atoms with Crippen molar-refractivity contribution in [3.05, 3.63) is 29.6 Å². The number of hydrogen-bond donors (Lipinski definition) is 2. The molecular weight excluding hydrogens is 351 g/mol. The van der Waals surface area contributed by atoms with Gasteiger partial charge in [-0.05, 0) is 51.3 Å². The predicted molar refractivity (Wildman–Crippen MR) is 92.3 cm³/mol. The molecule has 108 valence electrons. The lowest BCUT2D eigenvalue weighted by Gasteiger charge is -2.23. The first kappa shape index (κ1) is 18.1. The van der Waals surface area contributed by atoms with Crippen molar-refractivity contribution in [2.45, 2.75) is 39.7 Å². The Hall–Kier alpha value is -0.850. The topological polar surface area (TPSA) is 49.3 Å². The maximum atomic E-state index is 4.21. The lowest BCUT2D eigenvalue weighted by molar-refractivity contribution is 0.501. The van der Waals surface area contributed by atoms with E-state index in [-0.39, 0.29) is 29.5 Å². The van der Waals surface area contributed by atoms with E-state index < -0.39 is 0 Å². The molecule has 1 rings (SSSR count). The van der Waals surface area contributed by atoms with E-state index in [1.54, 1.807) is 7.05 Å². The van der Waals surface area contributed by atoms with E-state index >= 15 is 0 Å². The van der Waals surface area contributed by atoms with Crippen molar-refractivity contribution in [3.8, 4) is 0 Å². The Morgan fingerprint density at radius 2 is 2.05 bits per heavy atom. The molecule has 2 N–H and O–H groups in total. The average Bonchev–Trinajstić information content (AvgIpc) is 2.28. The molecule has 0 amide bonds. The van der Waals surface area contributed by atoms with Gasteiger partial charge in [0.15, 0.2) is 5.96 Å². The average molecular weight is 376 g/mol. The van der Waals surface area contributed by atoms with Crippen LogP contribution in [0, 0.1) is 6.92 Å². The number of halogens is 1. The van der Waals surface area contributed by atoms with E-state index in [1.807, 2.05) is 12.4 Å². The third-order valence-corrected chi connectivity index (χ3v) is 2.54. The maximum absolute atomic E-state index is 4.21. The molecule has 5 heteroatoms. The smallest absolute Gasteiger partial charge is 0.191 e. The SMILES string of the molecule is CN=C(NCCc1ccncc1C)NC(C)(C)C.I. The molecule has 4 nitrogen and oxygen atoms in total. The van der Waals surface area contributed by atoms with E-state index in [4.69, 9.17) is 0 Å². The van der Waals surface area contributed by atoms with E-state index in [2.05, 4.69) is 54.4 Å². The summed E-state index contributed by atoms with van der Waals surface area (Å²) in [6.07, 6.45) is 4.71. The highest BCUT2D eigenvalue weighted by atomic mass is 127. The molecule has 1 aromatic rings.